The molecule has 0 saturated carbocycles. The van der Waals surface area contributed by atoms with Crippen LogP contribution in [-0.4, -0.2) is 131 Å². The molecular weight excluding hydrogens is 780 g/mol. The molecule has 19 heteroatoms. The number of nitrogens with one attached hydrogen (secondary N) is 6. The van der Waals surface area contributed by atoms with Gasteiger partial charge < -0.3 is 52.6 Å². The molecule has 7 amide bonds. The molecule has 60 heavy (non-hydrogen) atoms. The number of carbonyl (C=O) groups is 8. The van der Waals surface area contributed by atoms with Crippen LogP contribution in [0.5, 0.6) is 0 Å². The Labute approximate surface area is 352 Å². The van der Waals surface area contributed by atoms with Crippen molar-refractivity contribution in [3.63, 3.8) is 0 Å². The SMILES string of the molecule is CC[C@H](C)[C@H](NC(=O)[C@@H]1CCCN1[C@H](O)[C@H](Cc1ccccc1)NC(=O)[C@H](CC(N)=O)NC(=O)[C@H](CC(C)C)NC(=O)[C@H](CO)NC(C)=O)C(=O)N[C@H](C(=O)OC)C(C)C. The van der Waals surface area contributed by atoms with E-state index < -0.39 is 109 Å². The lowest BCUT2D eigenvalue weighted by atomic mass is 9.96. The van der Waals surface area contributed by atoms with Gasteiger partial charge in [-0.15, -0.1) is 0 Å². The van der Waals surface area contributed by atoms with Gasteiger partial charge in [-0.2, -0.15) is 0 Å². The number of amides is 7. The topological polar surface area (TPSA) is 288 Å². The van der Waals surface area contributed by atoms with E-state index in [2.05, 4.69) is 31.9 Å². The van der Waals surface area contributed by atoms with E-state index in [0.717, 1.165) is 6.92 Å². The van der Waals surface area contributed by atoms with Crippen LogP contribution >= 0.6 is 0 Å². The minimum atomic E-state index is -1.57. The molecule has 10 N–H and O–H groups in total. The van der Waals surface area contributed by atoms with Crippen LogP contribution in [0.3, 0.4) is 0 Å². The highest BCUT2D eigenvalue weighted by Gasteiger charge is 2.41. The van der Waals surface area contributed by atoms with E-state index in [4.69, 9.17) is 10.5 Å². The van der Waals surface area contributed by atoms with Gasteiger partial charge in [-0.05, 0) is 49.0 Å². The first-order valence-electron chi connectivity index (χ1n) is 20.5. The number of ether oxygens (including phenoxy) is 1. The molecule has 336 valence electrons. The minimum Gasteiger partial charge on any atom is -0.467 e. The molecule has 0 aliphatic carbocycles. The van der Waals surface area contributed by atoms with Gasteiger partial charge in [-0.1, -0.05) is 78.3 Å². The van der Waals surface area contributed by atoms with Crippen LogP contribution in [0, 0.1) is 17.8 Å². The highest BCUT2D eigenvalue weighted by Crippen LogP contribution is 2.24. The smallest absolute Gasteiger partial charge is 0.328 e. The minimum absolute atomic E-state index is 0.0512. The van der Waals surface area contributed by atoms with Gasteiger partial charge in [0.1, 0.15) is 36.4 Å². The van der Waals surface area contributed by atoms with Gasteiger partial charge in [-0.25, -0.2) is 4.79 Å². The van der Waals surface area contributed by atoms with Crippen LogP contribution in [0.4, 0.5) is 0 Å². The Morgan fingerprint density at radius 2 is 1.42 bits per heavy atom. The summed E-state index contributed by atoms with van der Waals surface area (Å²) in [5, 5.41) is 37.2. The number of nitrogens with two attached hydrogens (primary N) is 1. The van der Waals surface area contributed by atoms with Gasteiger partial charge in [0.05, 0.1) is 32.2 Å². The average Bonchev–Trinajstić information content (AvgIpc) is 3.69. The number of likely N-dealkylation sites (tertiary alicyclic amines) is 1. The molecule has 2 rings (SSSR count). The number of esters is 1. The first-order chi connectivity index (χ1) is 28.2. The van der Waals surface area contributed by atoms with Crippen LogP contribution in [0.15, 0.2) is 30.3 Å². The Kier molecular flexibility index (Phi) is 21.1. The van der Waals surface area contributed by atoms with Gasteiger partial charge >= 0.3 is 5.97 Å². The van der Waals surface area contributed by atoms with Gasteiger partial charge in [0.2, 0.25) is 41.4 Å². The second-order valence-electron chi connectivity index (χ2n) is 16.1. The third kappa shape index (κ3) is 15.8. The van der Waals surface area contributed by atoms with Crippen LogP contribution in [0.25, 0.3) is 0 Å². The lowest BCUT2D eigenvalue weighted by Crippen LogP contribution is -2.62. The van der Waals surface area contributed by atoms with Crippen molar-refractivity contribution in [2.24, 2.45) is 23.5 Å². The quantitative estimate of drug-likeness (QED) is 0.0551. The normalized spacial score (nSPS) is 18.1. The highest BCUT2D eigenvalue weighted by molar-refractivity contribution is 5.96. The van der Waals surface area contributed by atoms with E-state index in [9.17, 15) is 48.6 Å². The molecule has 1 saturated heterocycles. The average molecular weight is 847 g/mol. The molecule has 19 nitrogen and oxygen atoms in total. The van der Waals surface area contributed by atoms with Crippen LogP contribution in [0.2, 0.25) is 0 Å². The van der Waals surface area contributed by atoms with Crippen molar-refractivity contribution in [3.05, 3.63) is 35.9 Å². The molecular formula is C41H66N8O11. The summed E-state index contributed by atoms with van der Waals surface area (Å²) in [7, 11) is 1.22. The van der Waals surface area contributed by atoms with E-state index >= 15 is 0 Å². The molecule has 0 radical (unpaired) electrons. The number of methoxy groups -OCH3 is 1. The second kappa shape index (κ2) is 24.8. The molecule has 0 unspecified atom stereocenters. The number of aliphatic hydroxyl groups excluding tert-OH is 2. The zero-order valence-corrected chi connectivity index (χ0v) is 36.0. The summed E-state index contributed by atoms with van der Waals surface area (Å²) in [6.07, 6.45) is -0.702. The third-order valence-corrected chi connectivity index (χ3v) is 10.4. The van der Waals surface area contributed by atoms with E-state index in [1.807, 2.05) is 6.92 Å². The summed E-state index contributed by atoms with van der Waals surface area (Å²) < 4.78 is 4.87. The summed E-state index contributed by atoms with van der Waals surface area (Å²) in [5.74, 6) is -6.65. The Balaban J connectivity index is 2.41. The molecule has 9 atom stereocenters. The monoisotopic (exact) mass is 846 g/mol. The highest BCUT2D eigenvalue weighted by atomic mass is 16.5. The first kappa shape index (κ1) is 51.0. The van der Waals surface area contributed by atoms with E-state index in [1.165, 1.54) is 12.0 Å². The second-order valence-corrected chi connectivity index (χ2v) is 16.1. The largest absolute Gasteiger partial charge is 0.467 e. The van der Waals surface area contributed by atoms with E-state index in [1.54, 1.807) is 65.0 Å². The van der Waals surface area contributed by atoms with Gasteiger partial charge in [0, 0.05) is 13.5 Å². The molecule has 0 bridgehead atoms. The summed E-state index contributed by atoms with van der Waals surface area (Å²) in [6.45, 7) is 11.4. The Bertz CT molecular complexity index is 1630. The number of aliphatic hydroxyl groups is 2. The van der Waals surface area contributed by atoms with Gasteiger partial charge in [0.15, 0.2) is 0 Å². The van der Waals surface area contributed by atoms with Crippen LogP contribution < -0.4 is 37.6 Å². The number of nitrogens with zero attached hydrogens (tertiary/aromatic N) is 1. The molecule has 1 fully saturated rings. The van der Waals surface area contributed by atoms with Crippen molar-refractivity contribution in [2.45, 2.75) is 136 Å². The van der Waals surface area contributed by atoms with Crippen molar-refractivity contribution in [2.75, 3.05) is 20.3 Å². The lowest BCUT2D eigenvalue weighted by molar-refractivity contribution is -0.147. The van der Waals surface area contributed by atoms with E-state index in [-0.39, 0.29) is 37.1 Å². The lowest BCUT2D eigenvalue weighted by Gasteiger charge is -2.36. The maximum atomic E-state index is 14.0. The van der Waals surface area contributed by atoms with Crippen molar-refractivity contribution in [3.8, 4) is 0 Å². The molecule has 1 heterocycles. The van der Waals surface area contributed by atoms with E-state index in [0.29, 0.717) is 24.8 Å². The van der Waals surface area contributed by atoms with Gasteiger partial charge in [0.25, 0.3) is 0 Å². The number of hydrogen-bond donors (Lipinski definition) is 9. The summed E-state index contributed by atoms with van der Waals surface area (Å²) in [4.78, 5) is 106. The number of primary amides is 1. The summed E-state index contributed by atoms with van der Waals surface area (Å²) in [6, 6.07) is 0.668. The third-order valence-electron chi connectivity index (χ3n) is 10.4. The molecule has 1 aliphatic heterocycles. The first-order valence-corrected chi connectivity index (χ1v) is 20.5. The summed E-state index contributed by atoms with van der Waals surface area (Å²) in [5.41, 5.74) is 6.21. The molecule has 1 aromatic rings. The summed E-state index contributed by atoms with van der Waals surface area (Å²) >= 11 is 0. The van der Waals surface area contributed by atoms with Crippen molar-refractivity contribution >= 4 is 47.3 Å². The van der Waals surface area contributed by atoms with Crippen LogP contribution in [0.1, 0.15) is 86.1 Å². The Morgan fingerprint density at radius 3 is 1.95 bits per heavy atom. The molecule has 0 spiro atoms. The zero-order chi connectivity index (χ0) is 45.3. The van der Waals surface area contributed by atoms with Crippen LogP contribution in [-0.2, 0) is 49.5 Å². The zero-order valence-electron chi connectivity index (χ0n) is 36.0. The fraction of sp³-hybridized carbons (Fsp3) is 0.659. The standard InChI is InChI=1S/C41H66N8O11/c1-9-24(6)34(39(57)47-33(23(4)5)41(59)60-8)48-38(56)31-16-13-17-49(31)40(58)29(19-26-14-11-10-12-15-26)46-36(54)28(20-32(42)52)45-35(53)27(18-22(2)3)44-37(55)30(21-50)43-25(7)51/h10-12,14-15,22-24,27-31,33-34,40,50,58H,9,13,16-21H2,1-8H3,(H2,42,52)(H,43,51)(H,44,55)(H,45,53)(H,46,54)(H,47,57)(H,48,56)/t24-,27-,28-,29-,30-,31-,33-,34-,40+/m0/s1. The van der Waals surface area contributed by atoms with Crippen molar-refractivity contribution in [1.82, 2.24) is 36.8 Å². The fourth-order valence-electron chi connectivity index (χ4n) is 6.92. The Morgan fingerprint density at radius 1 is 0.817 bits per heavy atom. The maximum Gasteiger partial charge on any atom is 0.328 e. The maximum absolute atomic E-state index is 14.0. The predicted octanol–water partition coefficient (Wildman–Crippen LogP) is -1.27. The van der Waals surface area contributed by atoms with Crippen molar-refractivity contribution < 1.29 is 53.3 Å². The van der Waals surface area contributed by atoms with Crippen molar-refractivity contribution in [1.29, 1.82) is 0 Å². The number of benzene rings is 1. The number of hydrogen-bond acceptors (Lipinski definition) is 12. The molecule has 0 aromatic heterocycles. The predicted molar refractivity (Wildman–Crippen MR) is 220 cm³/mol. The molecule has 1 aromatic carbocycles. The number of rotatable bonds is 24. The van der Waals surface area contributed by atoms with Gasteiger partial charge in [-0.3, -0.25) is 38.5 Å². The molecule has 1 aliphatic rings. The fourth-order valence-corrected chi connectivity index (χ4v) is 6.92. The Hall–Kier alpha value is -5.14. The number of carbonyl (C=O) groups excluding carboxylic acids is 8.